The summed E-state index contributed by atoms with van der Waals surface area (Å²) < 4.78 is 5.77. The van der Waals surface area contributed by atoms with Crippen molar-refractivity contribution in [3.8, 4) is 0 Å². The zero-order chi connectivity index (χ0) is 11.7. The molecule has 0 saturated heterocycles. The molecule has 0 aliphatic heterocycles. The Kier molecular flexibility index (Phi) is 2.77. The average molecular weight is 230 g/mol. The molecule has 1 heterocycles. The van der Waals surface area contributed by atoms with Crippen molar-refractivity contribution in [2.75, 3.05) is 5.73 Å². The van der Waals surface area contributed by atoms with Gasteiger partial charge in [-0.25, -0.2) is 0 Å². The van der Waals surface area contributed by atoms with Crippen molar-refractivity contribution in [3.05, 3.63) is 30.0 Å². The van der Waals surface area contributed by atoms with Crippen molar-refractivity contribution in [3.63, 3.8) is 0 Å². The fraction of sp³-hybridized carbons (Fsp3) is 0.429. The lowest BCUT2D eigenvalue weighted by Gasteiger charge is -2.09. The van der Waals surface area contributed by atoms with Gasteiger partial charge in [0.1, 0.15) is 11.3 Å². The van der Waals surface area contributed by atoms with E-state index >= 15 is 0 Å². The standard InChI is InChI=1S/C14H18N2O/c15-11-6-5-10-7-13(17-14(10)8-11)9-16-12-3-1-2-4-12/h5-8,12,16H,1-4,9,15H2. The fourth-order valence-electron chi connectivity index (χ4n) is 2.56. The first-order chi connectivity index (χ1) is 8.31. The van der Waals surface area contributed by atoms with Crippen molar-refractivity contribution in [2.45, 2.75) is 38.3 Å². The van der Waals surface area contributed by atoms with Gasteiger partial charge in [-0.3, -0.25) is 0 Å². The van der Waals surface area contributed by atoms with Crippen LogP contribution in [0.25, 0.3) is 11.0 Å². The highest BCUT2D eigenvalue weighted by Crippen LogP contribution is 2.23. The first kappa shape index (κ1) is 10.7. The minimum Gasteiger partial charge on any atom is -0.460 e. The van der Waals surface area contributed by atoms with Crippen LogP contribution in [-0.2, 0) is 6.54 Å². The normalized spacial score (nSPS) is 16.9. The molecule has 3 rings (SSSR count). The van der Waals surface area contributed by atoms with Gasteiger partial charge < -0.3 is 15.5 Å². The number of anilines is 1. The number of furan rings is 1. The third kappa shape index (κ3) is 2.29. The van der Waals surface area contributed by atoms with E-state index < -0.39 is 0 Å². The van der Waals surface area contributed by atoms with Gasteiger partial charge in [0.25, 0.3) is 0 Å². The molecule has 0 radical (unpaired) electrons. The van der Waals surface area contributed by atoms with Crippen LogP contribution in [0.3, 0.4) is 0 Å². The van der Waals surface area contributed by atoms with E-state index in [9.17, 15) is 0 Å². The van der Waals surface area contributed by atoms with Crippen LogP contribution in [0.2, 0.25) is 0 Å². The summed E-state index contributed by atoms with van der Waals surface area (Å²) in [6.07, 6.45) is 5.31. The van der Waals surface area contributed by atoms with Crippen LogP contribution in [0.15, 0.2) is 28.7 Å². The summed E-state index contributed by atoms with van der Waals surface area (Å²) >= 11 is 0. The second-order valence-corrected chi connectivity index (χ2v) is 4.87. The van der Waals surface area contributed by atoms with Gasteiger partial charge in [0.2, 0.25) is 0 Å². The molecule has 0 amide bonds. The molecule has 90 valence electrons. The molecule has 0 bridgehead atoms. The van der Waals surface area contributed by atoms with Gasteiger partial charge in [0.05, 0.1) is 6.54 Å². The maximum Gasteiger partial charge on any atom is 0.136 e. The van der Waals surface area contributed by atoms with Crippen molar-refractivity contribution < 1.29 is 4.42 Å². The molecule has 2 aromatic rings. The van der Waals surface area contributed by atoms with Crippen LogP contribution in [0, 0.1) is 0 Å². The molecule has 1 aliphatic rings. The number of hydrogen-bond donors (Lipinski definition) is 2. The lowest BCUT2D eigenvalue weighted by Crippen LogP contribution is -2.24. The van der Waals surface area contributed by atoms with Gasteiger partial charge in [0, 0.05) is 23.2 Å². The van der Waals surface area contributed by atoms with Crippen LogP contribution < -0.4 is 11.1 Å². The Morgan fingerprint density at radius 1 is 1.24 bits per heavy atom. The van der Waals surface area contributed by atoms with Crippen LogP contribution in [0.1, 0.15) is 31.4 Å². The molecule has 1 aromatic heterocycles. The number of benzene rings is 1. The third-order valence-electron chi connectivity index (χ3n) is 3.52. The monoisotopic (exact) mass is 230 g/mol. The largest absolute Gasteiger partial charge is 0.460 e. The van der Waals surface area contributed by atoms with Crippen molar-refractivity contribution in [1.82, 2.24) is 5.32 Å². The number of nitrogens with two attached hydrogens (primary N) is 1. The van der Waals surface area contributed by atoms with Crippen LogP contribution in [-0.4, -0.2) is 6.04 Å². The second kappa shape index (κ2) is 4.41. The van der Waals surface area contributed by atoms with Gasteiger partial charge in [0.15, 0.2) is 0 Å². The minimum atomic E-state index is 0.674. The molecule has 1 saturated carbocycles. The molecule has 1 aliphatic carbocycles. The Morgan fingerprint density at radius 3 is 2.88 bits per heavy atom. The maximum absolute atomic E-state index is 5.77. The molecule has 17 heavy (non-hydrogen) atoms. The maximum atomic E-state index is 5.77. The first-order valence-electron chi connectivity index (χ1n) is 6.32. The summed E-state index contributed by atoms with van der Waals surface area (Å²) in [4.78, 5) is 0. The van der Waals surface area contributed by atoms with Crippen LogP contribution in [0.5, 0.6) is 0 Å². The zero-order valence-corrected chi connectivity index (χ0v) is 9.91. The summed E-state index contributed by atoms with van der Waals surface area (Å²) in [7, 11) is 0. The van der Waals surface area contributed by atoms with E-state index in [1.807, 2.05) is 18.2 Å². The minimum absolute atomic E-state index is 0.674. The first-order valence-corrected chi connectivity index (χ1v) is 6.32. The molecule has 0 spiro atoms. The molecule has 3 nitrogen and oxygen atoms in total. The lowest BCUT2D eigenvalue weighted by atomic mass is 10.2. The van der Waals surface area contributed by atoms with Gasteiger partial charge in [-0.15, -0.1) is 0 Å². The number of hydrogen-bond acceptors (Lipinski definition) is 3. The summed E-state index contributed by atoms with van der Waals surface area (Å²) in [5, 5.41) is 4.68. The number of rotatable bonds is 3. The lowest BCUT2D eigenvalue weighted by molar-refractivity contribution is 0.463. The van der Waals surface area contributed by atoms with Crippen molar-refractivity contribution >= 4 is 16.7 Å². The third-order valence-corrected chi connectivity index (χ3v) is 3.52. The highest BCUT2D eigenvalue weighted by Gasteiger charge is 2.14. The van der Waals surface area contributed by atoms with E-state index in [0.29, 0.717) is 6.04 Å². The number of fused-ring (bicyclic) bond motifs is 1. The van der Waals surface area contributed by atoms with E-state index in [2.05, 4.69) is 11.4 Å². The van der Waals surface area contributed by atoms with E-state index in [0.717, 1.165) is 29.0 Å². The van der Waals surface area contributed by atoms with Gasteiger partial charge in [-0.2, -0.15) is 0 Å². The molecule has 0 atom stereocenters. The van der Waals surface area contributed by atoms with Gasteiger partial charge in [-0.05, 0) is 31.0 Å². The summed E-state index contributed by atoms with van der Waals surface area (Å²) in [5.41, 5.74) is 7.37. The van der Waals surface area contributed by atoms with E-state index in [1.165, 1.54) is 25.7 Å². The summed E-state index contributed by atoms with van der Waals surface area (Å²) in [5.74, 6) is 0.998. The van der Waals surface area contributed by atoms with E-state index in [-0.39, 0.29) is 0 Å². The second-order valence-electron chi connectivity index (χ2n) is 4.87. The molecular formula is C14H18N2O. The fourth-order valence-corrected chi connectivity index (χ4v) is 2.56. The summed E-state index contributed by atoms with van der Waals surface area (Å²) in [6.45, 7) is 0.819. The average Bonchev–Trinajstić information content (AvgIpc) is 2.94. The molecule has 3 heteroatoms. The van der Waals surface area contributed by atoms with E-state index in [4.69, 9.17) is 10.2 Å². The Bertz CT molecular complexity index is 512. The smallest absolute Gasteiger partial charge is 0.136 e. The van der Waals surface area contributed by atoms with Crippen LogP contribution in [0.4, 0.5) is 5.69 Å². The zero-order valence-electron chi connectivity index (χ0n) is 9.91. The van der Waals surface area contributed by atoms with Gasteiger partial charge in [-0.1, -0.05) is 12.8 Å². The Morgan fingerprint density at radius 2 is 2.06 bits per heavy atom. The molecule has 0 unspecified atom stereocenters. The molecule has 1 fully saturated rings. The molecular weight excluding hydrogens is 212 g/mol. The predicted octanol–water partition coefficient (Wildman–Crippen LogP) is 3.05. The highest BCUT2D eigenvalue weighted by atomic mass is 16.3. The highest BCUT2D eigenvalue weighted by molar-refractivity contribution is 5.81. The number of nitrogens with one attached hydrogen (secondary N) is 1. The summed E-state index contributed by atoms with van der Waals surface area (Å²) in [6, 6.07) is 8.57. The van der Waals surface area contributed by atoms with Crippen molar-refractivity contribution in [2.24, 2.45) is 0 Å². The van der Waals surface area contributed by atoms with Crippen LogP contribution >= 0.6 is 0 Å². The Balaban J connectivity index is 1.72. The van der Waals surface area contributed by atoms with E-state index in [1.54, 1.807) is 0 Å². The predicted molar refractivity (Wildman–Crippen MR) is 69.7 cm³/mol. The Labute approximate surface area is 101 Å². The quantitative estimate of drug-likeness (QED) is 0.797. The van der Waals surface area contributed by atoms with Crippen molar-refractivity contribution in [1.29, 1.82) is 0 Å². The topological polar surface area (TPSA) is 51.2 Å². The SMILES string of the molecule is Nc1ccc2cc(CNC3CCCC3)oc2c1. The molecule has 3 N–H and O–H groups in total. The number of nitrogen functional groups attached to an aromatic ring is 1. The molecule has 1 aromatic carbocycles. The van der Waals surface area contributed by atoms with Gasteiger partial charge >= 0.3 is 0 Å². The Hall–Kier alpha value is -1.48.